The van der Waals surface area contributed by atoms with Gasteiger partial charge in [-0.1, -0.05) is 0 Å². The number of nitrogens with zero attached hydrogens (tertiary/aromatic N) is 1. The van der Waals surface area contributed by atoms with E-state index in [-0.39, 0.29) is 23.8 Å². The number of carboxylic acid groups (broad SMARTS) is 1. The van der Waals surface area contributed by atoms with Gasteiger partial charge in [-0.05, 0) is 45.7 Å². The van der Waals surface area contributed by atoms with Gasteiger partial charge in [0.1, 0.15) is 0 Å². The van der Waals surface area contributed by atoms with Crippen molar-refractivity contribution in [1.82, 2.24) is 10.2 Å². The van der Waals surface area contributed by atoms with Gasteiger partial charge in [0.05, 0.1) is 5.92 Å². The molecular formula is C13H22N2O3. The highest BCUT2D eigenvalue weighted by Crippen LogP contribution is 2.26. The summed E-state index contributed by atoms with van der Waals surface area (Å²) in [6.45, 7) is 4.39. The summed E-state index contributed by atoms with van der Waals surface area (Å²) < 4.78 is 0. The van der Waals surface area contributed by atoms with Crippen molar-refractivity contribution in [3.8, 4) is 0 Å². The number of piperidine rings is 2. The number of carboxylic acids is 1. The standard InChI is InChI=1S/C13H22N2O3/c1-9-8-11(13(17)18)4-7-15(9)12(16)10-2-5-14-6-3-10/h9-11,14H,2-8H2,1H3,(H,17,18). The van der Waals surface area contributed by atoms with Crippen molar-refractivity contribution in [2.45, 2.75) is 38.6 Å². The number of carbonyl (C=O) groups excluding carboxylic acids is 1. The van der Waals surface area contributed by atoms with E-state index >= 15 is 0 Å². The number of carbonyl (C=O) groups is 2. The zero-order chi connectivity index (χ0) is 13.1. The van der Waals surface area contributed by atoms with E-state index in [9.17, 15) is 9.59 Å². The number of aliphatic carboxylic acids is 1. The Bertz CT molecular complexity index is 326. The van der Waals surface area contributed by atoms with Gasteiger partial charge in [-0.3, -0.25) is 9.59 Å². The first-order valence-electron chi connectivity index (χ1n) is 6.83. The summed E-state index contributed by atoms with van der Waals surface area (Å²) in [5.74, 6) is -0.643. The molecule has 0 saturated carbocycles. The van der Waals surface area contributed by atoms with Crippen LogP contribution < -0.4 is 5.32 Å². The van der Waals surface area contributed by atoms with Gasteiger partial charge in [0.15, 0.2) is 0 Å². The maximum atomic E-state index is 12.4. The Morgan fingerprint density at radius 3 is 2.39 bits per heavy atom. The highest BCUT2D eigenvalue weighted by atomic mass is 16.4. The maximum Gasteiger partial charge on any atom is 0.306 e. The first kappa shape index (κ1) is 13.3. The molecule has 0 bridgehead atoms. The molecular weight excluding hydrogens is 232 g/mol. The maximum absolute atomic E-state index is 12.4. The van der Waals surface area contributed by atoms with Crippen LogP contribution in [0.3, 0.4) is 0 Å². The number of amides is 1. The number of hydrogen-bond donors (Lipinski definition) is 2. The minimum atomic E-state index is -0.726. The lowest BCUT2D eigenvalue weighted by atomic mass is 9.89. The Labute approximate surface area is 108 Å². The summed E-state index contributed by atoms with van der Waals surface area (Å²) >= 11 is 0. The van der Waals surface area contributed by atoms with Gasteiger partial charge in [-0.2, -0.15) is 0 Å². The topological polar surface area (TPSA) is 69.6 Å². The highest BCUT2D eigenvalue weighted by Gasteiger charge is 2.35. The molecule has 0 spiro atoms. The SMILES string of the molecule is CC1CC(C(=O)O)CCN1C(=O)C1CCNCC1. The van der Waals surface area contributed by atoms with E-state index in [4.69, 9.17) is 5.11 Å². The normalized spacial score (nSPS) is 30.2. The minimum absolute atomic E-state index is 0.0576. The number of nitrogens with one attached hydrogen (secondary N) is 1. The Kier molecular flexibility index (Phi) is 4.22. The molecule has 2 atom stereocenters. The number of rotatable bonds is 2. The second-order valence-electron chi connectivity index (χ2n) is 5.46. The first-order chi connectivity index (χ1) is 8.59. The van der Waals surface area contributed by atoms with Crippen molar-refractivity contribution >= 4 is 11.9 Å². The third kappa shape index (κ3) is 2.83. The fourth-order valence-corrected chi connectivity index (χ4v) is 3.03. The molecule has 2 rings (SSSR count). The summed E-state index contributed by atoms with van der Waals surface area (Å²) in [6, 6.07) is 0.0576. The largest absolute Gasteiger partial charge is 0.481 e. The van der Waals surface area contributed by atoms with Crippen molar-refractivity contribution in [2.75, 3.05) is 19.6 Å². The molecule has 2 heterocycles. The Balaban J connectivity index is 1.93. The minimum Gasteiger partial charge on any atom is -0.481 e. The molecule has 18 heavy (non-hydrogen) atoms. The molecule has 2 unspecified atom stereocenters. The molecule has 2 N–H and O–H groups in total. The van der Waals surface area contributed by atoms with Crippen LogP contribution in [0.15, 0.2) is 0 Å². The van der Waals surface area contributed by atoms with E-state index in [1.807, 2.05) is 11.8 Å². The second kappa shape index (κ2) is 5.69. The lowest BCUT2D eigenvalue weighted by Gasteiger charge is -2.39. The van der Waals surface area contributed by atoms with Gasteiger partial charge < -0.3 is 15.3 Å². The highest BCUT2D eigenvalue weighted by molar-refractivity contribution is 5.80. The quantitative estimate of drug-likeness (QED) is 0.761. The molecule has 2 aliphatic rings. The Morgan fingerprint density at radius 1 is 1.17 bits per heavy atom. The van der Waals surface area contributed by atoms with Crippen LogP contribution in [0.4, 0.5) is 0 Å². The van der Waals surface area contributed by atoms with Crippen LogP contribution in [0, 0.1) is 11.8 Å². The molecule has 2 fully saturated rings. The average Bonchev–Trinajstić information content (AvgIpc) is 2.38. The number of likely N-dealkylation sites (tertiary alicyclic amines) is 1. The summed E-state index contributed by atoms with van der Waals surface area (Å²) in [5.41, 5.74) is 0. The fourth-order valence-electron chi connectivity index (χ4n) is 3.03. The van der Waals surface area contributed by atoms with Gasteiger partial charge in [0, 0.05) is 18.5 Å². The lowest BCUT2D eigenvalue weighted by Crippen LogP contribution is -2.49. The zero-order valence-electron chi connectivity index (χ0n) is 10.9. The molecule has 0 aromatic carbocycles. The van der Waals surface area contributed by atoms with Gasteiger partial charge in [0.2, 0.25) is 5.91 Å². The van der Waals surface area contributed by atoms with Gasteiger partial charge in [-0.25, -0.2) is 0 Å². The van der Waals surface area contributed by atoms with Crippen molar-refractivity contribution in [2.24, 2.45) is 11.8 Å². The summed E-state index contributed by atoms with van der Waals surface area (Å²) in [6.07, 6.45) is 3.00. The molecule has 2 aliphatic heterocycles. The molecule has 0 aromatic heterocycles. The third-order valence-electron chi connectivity index (χ3n) is 4.20. The smallest absolute Gasteiger partial charge is 0.306 e. The Hall–Kier alpha value is -1.10. The van der Waals surface area contributed by atoms with Crippen molar-refractivity contribution in [3.05, 3.63) is 0 Å². The van der Waals surface area contributed by atoms with Gasteiger partial charge in [0.25, 0.3) is 0 Å². The number of hydrogen-bond acceptors (Lipinski definition) is 3. The van der Waals surface area contributed by atoms with E-state index in [0.717, 1.165) is 25.9 Å². The Morgan fingerprint density at radius 2 is 1.83 bits per heavy atom. The molecule has 2 saturated heterocycles. The third-order valence-corrected chi connectivity index (χ3v) is 4.20. The predicted octanol–water partition coefficient (Wildman–Crippen LogP) is 0.698. The summed E-state index contributed by atoms with van der Waals surface area (Å²) in [5, 5.41) is 12.3. The molecule has 0 aliphatic carbocycles. The first-order valence-corrected chi connectivity index (χ1v) is 6.83. The summed E-state index contributed by atoms with van der Waals surface area (Å²) in [4.78, 5) is 25.3. The summed E-state index contributed by atoms with van der Waals surface area (Å²) in [7, 11) is 0. The zero-order valence-corrected chi connectivity index (χ0v) is 10.9. The van der Waals surface area contributed by atoms with Crippen LogP contribution in [0.1, 0.15) is 32.6 Å². The lowest BCUT2D eigenvalue weighted by molar-refractivity contribution is -0.149. The van der Waals surface area contributed by atoms with E-state index in [2.05, 4.69) is 5.32 Å². The molecule has 102 valence electrons. The molecule has 1 amide bonds. The van der Waals surface area contributed by atoms with Crippen molar-refractivity contribution in [3.63, 3.8) is 0 Å². The van der Waals surface area contributed by atoms with Crippen molar-refractivity contribution < 1.29 is 14.7 Å². The average molecular weight is 254 g/mol. The van der Waals surface area contributed by atoms with Gasteiger partial charge >= 0.3 is 5.97 Å². The van der Waals surface area contributed by atoms with Crippen LogP contribution in [0.2, 0.25) is 0 Å². The van der Waals surface area contributed by atoms with Crippen LogP contribution >= 0.6 is 0 Å². The fraction of sp³-hybridized carbons (Fsp3) is 0.846. The second-order valence-corrected chi connectivity index (χ2v) is 5.46. The van der Waals surface area contributed by atoms with Crippen LogP contribution in [0.25, 0.3) is 0 Å². The monoisotopic (exact) mass is 254 g/mol. The molecule has 0 aromatic rings. The molecule has 0 radical (unpaired) electrons. The van der Waals surface area contributed by atoms with Gasteiger partial charge in [-0.15, -0.1) is 0 Å². The van der Waals surface area contributed by atoms with Crippen LogP contribution in [0.5, 0.6) is 0 Å². The van der Waals surface area contributed by atoms with Crippen LogP contribution in [-0.4, -0.2) is 47.6 Å². The molecule has 5 heteroatoms. The van der Waals surface area contributed by atoms with E-state index in [1.165, 1.54) is 0 Å². The predicted molar refractivity (Wildman–Crippen MR) is 67.1 cm³/mol. The van der Waals surface area contributed by atoms with E-state index in [0.29, 0.717) is 19.4 Å². The van der Waals surface area contributed by atoms with E-state index < -0.39 is 5.97 Å². The van der Waals surface area contributed by atoms with E-state index in [1.54, 1.807) is 0 Å². The molecule has 5 nitrogen and oxygen atoms in total. The van der Waals surface area contributed by atoms with Crippen LogP contribution in [-0.2, 0) is 9.59 Å². The van der Waals surface area contributed by atoms with Crippen molar-refractivity contribution in [1.29, 1.82) is 0 Å².